The summed E-state index contributed by atoms with van der Waals surface area (Å²) in [6.07, 6.45) is 5.48. The van der Waals surface area contributed by atoms with Crippen LogP contribution in [0.4, 0.5) is 28.8 Å². The van der Waals surface area contributed by atoms with Gasteiger partial charge in [-0.3, -0.25) is 0 Å². The van der Waals surface area contributed by atoms with Gasteiger partial charge in [-0.05, 0) is 67.8 Å². The van der Waals surface area contributed by atoms with Crippen molar-refractivity contribution in [2.45, 2.75) is 19.3 Å². The van der Waals surface area contributed by atoms with Crippen LogP contribution in [-0.2, 0) is 0 Å². The van der Waals surface area contributed by atoms with Gasteiger partial charge in [-0.25, -0.2) is 9.78 Å². The summed E-state index contributed by atoms with van der Waals surface area (Å²) in [5.74, 6) is 0.0804. The fourth-order valence-corrected chi connectivity index (χ4v) is 3.40. The number of aromatic carboxylic acids is 1. The van der Waals surface area contributed by atoms with E-state index >= 15 is 0 Å². The Bertz CT molecular complexity index is 985. The zero-order valence-electron chi connectivity index (χ0n) is 16.0. The lowest BCUT2D eigenvalue weighted by atomic mass is 10.1. The van der Waals surface area contributed by atoms with Crippen LogP contribution in [0.25, 0.3) is 0 Å². The normalized spacial score (nSPS) is 13.7. The van der Waals surface area contributed by atoms with Crippen molar-refractivity contribution in [2.75, 3.05) is 28.6 Å². The molecule has 7 heteroatoms. The lowest BCUT2D eigenvalue weighted by Gasteiger charge is -2.28. The van der Waals surface area contributed by atoms with Crippen LogP contribution < -0.4 is 15.5 Å². The van der Waals surface area contributed by atoms with Gasteiger partial charge in [0.2, 0.25) is 5.95 Å². The van der Waals surface area contributed by atoms with Crippen LogP contribution in [0.15, 0.2) is 60.8 Å². The van der Waals surface area contributed by atoms with E-state index in [4.69, 9.17) is 5.11 Å². The van der Waals surface area contributed by atoms with Gasteiger partial charge in [0.25, 0.3) is 0 Å². The maximum Gasteiger partial charge on any atom is 0.335 e. The monoisotopic (exact) mass is 389 g/mol. The molecule has 1 aliphatic rings. The summed E-state index contributed by atoms with van der Waals surface area (Å²) in [6.45, 7) is 2.24. The second-order valence-electron chi connectivity index (χ2n) is 7.00. The molecule has 148 valence electrons. The molecule has 2 heterocycles. The fourth-order valence-electron chi connectivity index (χ4n) is 3.40. The zero-order chi connectivity index (χ0) is 20.1. The number of piperidine rings is 1. The van der Waals surface area contributed by atoms with Crippen molar-refractivity contribution < 1.29 is 9.90 Å². The van der Waals surface area contributed by atoms with Crippen molar-refractivity contribution in [1.29, 1.82) is 0 Å². The number of carboxylic acid groups (broad SMARTS) is 1. The predicted octanol–water partition coefficient (Wildman–Crippen LogP) is 4.65. The molecule has 1 fully saturated rings. The van der Waals surface area contributed by atoms with E-state index < -0.39 is 5.97 Å². The first kappa shape index (κ1) is 18.7. The van der Waals surface area contributed by atoms with Gasteiger partial charge >= 0.3 is 5.97 Å². The lowest BCUT2D eigenvalue weighted by molar-refractivity contribution is 0.0697. The average molecular weight is 389 g/mol. The Balaban J connectivity index is 1.43. The predicted molar refractivity (Wildman–Crippen MR) is 115 cm³/mol. The van der Waals surface area contributed by atoms with Gasteiger partial charge in [0.1, 0.15) is 5.82 Å². The van der Waals surface area contributed by atoms with Crippen LogP contribution in [0.1, 0.15) is 29.6 Å². The number of rotatable bonds is 6. The van der Waals surface area contributed by atoms with Crippen LogP contribution in [0.5, 0.6) is 0 Å². The third-order valence-corrected chi connectivity index (χ3v) is 4.88. The van der Waals surface area contributed by atoms with E-state index in [-0.39, 0.29) is 5.56 Å². The number of aromatic nitrogens is 2. The molecule has 0 spiro atoms. The molecule has 1 saturated heterocycles. The van der Waals surface area contributed by atoms with Crippen molar-refractivity contribution in [2.24, 2.45) is 0 Å². The Morgan fingerprint density at radius 2 is 1.72 bits per heavy atom. The Hall–Kier alpha value is -3.61. The standard InChI is InChI=1S/C22H23N5O2/c28-21(29)16-5-4-6-18(15-16)24-20-11-12-23-22(26-20)25-17-7-9-19(10-8-17)27-13-2-1-3-14-27/h4-12,15H,1-3,13-14H2,(H,28,29)(H2,23,24,25,26). The van der Waals surface area contributed by atoms with Gasteiger partial charge < -0.3 is 20.6 Å². The number of nitrogens with one attached hydrogen (secondary N) is 2. The van der Waals surface area contributed by atoms with E-state index in [0.29, 0.717) is 17.5 Å². The SMILES string of the molecule is O=C(O)c1cccc(Nc2ccnc(Nc3ccc(N4CCCCC4)cc3)n2)c1. The molecule has 0 atom stereocenters. The number of nitrogens with zero attached hydrogens (tertiary/aromatic N) is 3. The molecule has 29 heavy (non-hydrogen) atoms. The number of carboxylic acids is 1. The lowest BCUT2D eigenvalue weighted by Crippen LogP contribution is -2.29. The average Bonchev–Trinajstić information content (AvgIpc) is 2.75. The van der Waals surface area contributed by atoms with Crippen molar-refractivity contribution >= 4 is 34.8 Å². The van der Waals surface area contributed by atoms with Gasteiger partial charge in [-0.1, -0.05) is 6.07 Å². The van der Waals surface area contributed by atoms with Gasteiger partial charge in [-0.2, -0.15) is 4.98 Å². The number of carbonyl (C=O) groups is 1. The summed E-state index contributed by atoms with van der Waals surface area (Å²) in [7, 11) is 0. The summed E-state index contributed by atoms with van der Waals surface area (Å²) < 4.78 is 0. The molecule has 0 bridgehead atoms. The van der Waals surface area contributed by atoms with Gasteiger partial charge in [0.15, 0.2) is 0 Å². The van der Waals surface area contributed by atoms with Crippen LogP contribution in [-0.4, -0.2) is 34.1 Å². The molecule has 1 aromatic heterocycles. The van der Waals surface area contributed by atoms with Crippen LogP contribution in [0.3, 0.4) is 0 Å². The minimum atomic E-state index is -0.966. The van der Waals surface area contributed by atoms with Crippen molar-refractivity contribution in [1.82, 2.24) is 9.97 Å². The van der Waals surface area contributed by atoms with Gasteiger partial charge in [-0.15, -0.1) is 0 Å². The fraction of sp³-hybridized carbons (Fsp3) is 0.227. The first-order valence-electron chi connectivity index (χ1n) is 9.73. The molecular formula is C22H23N5O2. The highest BCUT2D eigenvalue weighted by molar-refractivity contribution is 5.89. The van der Waals surface area contributed by atoms with Crippen molar-refractivity contribution in [3.8, 4) is 0 Å². The number of anilines is 5. The Labute approximate surface area is 169 Å². The Morgan fingerprint density at radius 1 is 0.931 bits per heavy atom. The maximum absolute atomic E-state index is 11.1. The molecular weight excluding hydrogens is 366 g/mol. The second-order valence-corrected chi connectivity index (χ2v) is 7.00. The smallest absolute Gasteiger partial charge is 0.335 e. The molecule has 3 aromatic rings. The highest BCUT2D eigenvalue weighted by Gasteiger charge is 2.11. The van der Waals surface area contributed by atoms with Crippen LogP contribution >= 0.6 is 0 Å². The second kappa shape index (κ2) is 8.60. The number of hydrogen-bond donors (Lipinski definition) is 3. The minimum absolute atomic E-state index is 0.219. The summed E-state index contributed by atoms with van der Waals surface area (Å²) in [6, 6.07) is 16.6. The third-order valence-electron chi connectivity index (χ3n) is 4.88. The minimum Gasteiger partial charge on any atom is -0.478 e. The molecule has 0 saturated carbocycles. The molecule has 3 N–H and O–H groups in total. The van der Waals surface area contributed by atoms with Gasteiger partial charge in [0, 0.05) is 36.3 Å². The topological polar surface area (TPSA) is 90.4 Å². The van der Waals surface area contributed by atoms with E-state index in [2.05, 4.69) is 37.6 Å². The first-order valence-corrected chi connectivity index (χ1v) is 9.73. The first-order chi connectivity index (χ1) is 14.2. The highest BCUT2D eigenvalue weighted by atomic mass is 16.4. The molecule has 0 amide bonds. The molecule has 4 rings (SSSR count). The van der Waals surface area contributed by atoms with Crippen LogP contribution in [0.2, 0.25) is 0 Å². The molecule has 0 aliphatic carbocycles. The Morgan fingerprint density at radius 3 is 2.48 bits per heavy atom. The summed E-state index contributed by atoms with van der Waals surface area (Å²) >= 11 is 0. The molecule has 7 nitrogen and oxygen atoms in total. The van der Waals surface area contributed by atoms with Crippen LogP contribution in [0, 0.1) is 0 Å². The third kappa shape index (κ3) is 4.82. The summed E-state index contributed by atoms with van der Waals surface area (Å²) in [4.78, 5) is 22.3. The summed E-state index contributed by atoms with van der Waals surface area (Å²) in [5.41, 5.74) is 3.03. The van der Waals surface area contributed by atoms with E-state index in [1.807, 2.05) is 12.1 Å². The molecule has 0 radical (unpaired) electrons. The van der Waals surface area contributed by atoms with Gasteiger partial charge in [0.05, 0.1) is 5.56 Å². The van der Waals surface area contributed by atoms with E-state index in [1.165, 1.54) is 24.9 Å². The van der Waals surface area contributed by atoms with Crippen molar-refractivity contribution in [3.05, 3.63) is 66.4 Å². The van der Waals surface area contributed by atoms with Crippen molar-refractivity contribution in [3.63, 3.8) is 0 Å². The Kier molecular flexibility index (Phi) is 5.56. The maximum atomic E-state index is 11.1. The zero-order valence-corrected chi connectivity index (χ0v) is 16.0. The van der Waals surface area contributed by atoms with E-state index in [0.717, 1.165) is 18.8 Å². The van der Waals surface area contributed by atoms with E-state index in [9.17, 15) is 4.79 Å². The summed E-state index contributed by atoms with van der Waals surface area (Å²) in [5, 5.41) is 15.5. The largest absolute Gasteiger partial charge is 0.478 e. The highest BCUT2D eigenvalue weighted by Crippen LogP contribution is 2.23. The number of hydrogen-bond acceptors (Lipinski definition) is 6. The van der Waals surface area contributed by atoms with E-state index in [1.54, 1.807) is 36.5 Å². The molecule has 2 aromatic carbocycles. The number of benzene rings is 2. The quantitative estimate of drug-likeness (QED) is 0.565. The molecule has 0 unspecified atom stereocenters. The molecule has 1 aliphatic heterocycles.